The van der Waals surface area contributed by atoms with Crippen LogP contribution in [0.4, 0.5) is 0 Å². The van der Waals surface area contributed by atoms with Gasteiger partial charge in [0.15, 0.2) is 0 Å². The Morgan fingerprint density at radius 2 is 2.20 bits per heavy atom. The first-order valence-electron chi connectivity index (χ1n) is 6.79. The summed E-state index contributed by atoms with van der Waals surface area (Å²) in [5, 5.41) is 3.38. The van der Waals surface area contributed by atoms with Crippen LogP contribution in [0.5, 0.6) is 0 Å². The van der Waals surface area contributed by atoms with Crippen molar-refractivity contribution in [2.24, 2.45) is 16.9 Å². The number of hydrogen-bond donors (Lipinski definition) is 3. The quantitative estimate of drug-likeness (QED) is 0.746. The third-order valence-corrected chi connectivity index (χ3v) is 4.33. The Labute approximate surface area is 118 Å². The molecule has 3 heterocycles. The van der Waals surface area contributed by atoms with Crippen LogP contribution in [0.25, 0.3) is 5.70 Å². The van der Waals surface area contributed by atoms with Crippen molar-refractivity contribution in [3.05, 3.63) is 47.9 Å². The molecule has 1 fully saturated rings. The van der Waals surface area contributed by atoms with E-state index in [1.807, 2.05) is 30.4 Å². The van der Waals surface area contributed by atoms with Crippen LogP contribution in [0.15, 0.2) is 42.2 Å². The highest BCUT2D eigenvalue weighted by molar-refractivity contribution is 5.66. The Morgan fingerprint density at radius 3 is 2.85 bits per heavy atom. The molecule has 1 saturated heterocycles. The highest BCUT2D eigenvalue weighted by atomic mass is 16.5. The molecule has 20 heavy (non-hydrogen) atoms. The normalized spacial score (nSPS) is 33.3. The Kier molecular flexibility index (Phi) is 3.03. The first-order valence-corrected chi connectivity index (χ1v) is 6.79. The van der Waals surface area contributed by atoms with Crippen molar-refractivity contribution < 1.29 is 4.74 Å². The number of pyridine rings is 1. The van der Waals surface area contributed by atoms with Gasteiger partial charge in [-0.1, -0.05) is 13.0 Å². The Balaban J connectivity index is 1.96. The summed E-state index contributed by atoms with van der Waals surface area (Å²) in [5.74, 6) is 0. The number of nitrogens with two attached hydrogens (primary N) is 2. The summed E-state index contributed by atoms with van der Waals surface area (Å²) in [6, 6.07) is 5.78. The van der Waals surface area contributed by atoms with Gasteiger partial charge in [0.1, 0.15) is 5.66 Å². The van der Waals surface area contributed by atoms with Gasteiger partial charge in [-0.15, -0.1) is 0 Å². The van der Waals surface area contributed by atoms with E-state index in [4.69, 9.17) is 16.2 Å². The SMILES string of the molecule is CC1(C2(N)NC(c3ccccn3)=CC=C2N)CCOC1. The fraction of sp³-hybridized carbons (Fsp3) is 0.400. The molecule has 0 radical (unpaired) electrons. The topological polar surface area (TPSA) is 86.2 Å². The molecule has 1 aromatic rings. The summed E-state index contributed by atoms with van der Waals surface area (Å²) in [6.07, 6.45) is 6.42. The summed E-state index contributed by atoms with van der Waals surface area (Å²) in [7, 11) is 0. The van der Waals surface area contributed by atoms with Crippen LogP contribution in [0.2, 0.25) is 0 Å². The fourth-order valence-electron chi connectivity index (χ4n) is 2.78. The minimum Gasteiger partial charge on any atom is -0.399 e. The summed E-state index contributed by atoms with van der Waals surface area (Å²) in [4.78, 5) is 4.35. The summed E-state index contributed by atoms with van der Waals surface area (Å²) < 4.78 is 5.53. The lowest BCUT2D eigenvalue weighted by Gasteiger charge is -2.46. The Bertz CT molecular complexity index is 560. The number of rotatable bonds is 2. The number of dihydropyridines is 1. The molecule has 5 nitrogen and oxygen atoms in total. The van der Waals surface area contributed by atoms with Crippen molar-refractivity contribution in [3.63, 3.8) is 0 Å². The lowest BCUT2D eigenvalue weighted by molar-refractivity contribution is 0.105. The molecular formula is C15H20N4O. The molecule has 106 valence electrons. The minimum absolute atomic E-state index is 0.234. The largest absolute Gasteiger partial charge is 0.399 e. The summed E-state index contributed by atoms with van der Waals surface area (Å²) in [5.41, 5.74) is 14.1. The number of nitrogens with one attached hydrogen (secondary N) is 1. The predicted octanol–water partition coefficient (Wildman–Crippen LogP) is 0.950. The molecule has 2 unspecified atom stereocenters. The monoisotopic (exact) mass is 272 g/mol. The maximum atomic E-state index is 6.62. The van der Waals surface area contributed by atoms with Crippen molar-refractivity contribution in [2.45, 2.75) is 19.0 Å². The first kappa shape index (κ1) is 13.1. The second-order valence-corrected chi connectivity index (χ2v) is 5.71. The third-order valence-electron chi connectivity index (χ3n) is 4.33. The van der Waals surface area contributed by atoms with E-state index in [0.29, 0.717) is 18.9 Å². The maximum absolute atomic E-state index is 6.62. The van der Waals surface area contributed by atoms with E-state index in [9.17, 15) is 0 Å². The van der Waals surface area contributed by atoms with Crippen LogP contribution >= 0.6 is 0 Å². The molecule has 2 aliphatic heterocycles. The molecule has 0 bridgehead atoms. The molecule has 0 saturated carbocycles. The number of allylic oxidation sites excluding steroid dienone is 2. The molecule has 0 amide bonds. The van der Waals surface area contributed by atoms with E-state index in [-0.39, 0.29) is 5.41 Å². The molecular weight excluding hydrogens is 252 g/mol. The van der Waals surface area contributed by atoms with E-state index < -0.39 is 5.66 Å². The number of aromatic nitrogens is 1. The number of nitrogens with zero attached hydrogens (tertiary/aromatic N) is 1. The van der Waals surface area contributed by atoms with Gasteiger partial charge in [-0.05, 0) is 30.7 Å². The van der Waals surface area contributed by atoms with Gasteiger partial charge >= 0.3 is 0 Å². The number of hydrogen-bond acceptors (Lipinski definition) is 5. The zero-order chi connectivity index (χ0) is 14.2. The van der Waals surface area contributed by atoms with Gasteiger partial charge in [0.05, 0.1) is 18.0 Å². The Hall–Kier alpha value is -1.85. The van der Waals surface area contributed by atoms with E-state index in [1.165, 1.54) is 0 Å². The molecule has 2 aliphatic rings. The van der Waals surface area contributed by atoms with Crippen LogP contribution in [-0.4, -0.2) is 23.9 Å². The molecule has 0 aliphatic carbocycles. The van der Waals surface area contributed by atoms with Crippen LogP contribution in [0.1, 0.15) is 19.0 Å². The van der Waals surface area contributed by atoms with Gasteiger partial charge < -0.3 is 21.5 Å². The first-order chi connectivity index (χ1) is 9.55. The van der Waals surface area contributed by atoms with Crippen molar-refractivity contribution >= 4 is 5.70 Å². The van der Waals surface area contributed by atoms with Gasteiger partial charge in [0.25, 0.3) is 0 Å². The lowest BCUT2D eigenvalue weighted by atomic mass is 9.73. The molecule has 0 aromatic carbocycles. The molecule has 1 aromatic heterocycles. The zero-order valence-electron chi connectivity index (χ0n) is 11.6. The molecule has 3 rings (SSSR count). The summed E-state index contributed by atoms with van der Waals surface area (Å²) in [6.45, 7) is 3.42. The highest BCUT2D eigenvalue weighted by Crippen LogP contribution is 2.41. The van der Waals surface area contributed by atoms with Crippen molar-refractivity contribution in [3.8, 4) is 0 Å². The van der Waals surface area contributed by atoms with Crippen molar-refractivity contribution in [1.82, 2.24) is 10.3 Å². The fourth-order valence-corrected chi connectivity index (χ4v) is 2.78. The van der Waals surface area contributed by atoms with Crippen LogP contribution in [0.3, 0.4) is 0 Å². The molecule has 5 heteroatoms. The molecule has 0 spiro atoms. The van der Waals surface area contributed by atoms with Gasteiger partial charge in [-0.25, -0.2) is 0 Å². The smallest absolute Gasteiger partial charge is 0.134 e. The van der Waals surface area contributed by atoms with E-state index in [1.54, 1.807) is 6.20 Å². The van der Waals surface area contributed by atoms with E-state index in [2.05, 4.69) is 17.2 Å². The standard InChI is InChI=1S/C15H20N4O/c1-14(7-9-20-10-14)15(17)13(16)6-5-12(19-15)11-4-2-3-8-18-11/h2-6,8,19H,7,9-10,16-17H2,1H3. The van der Waals surface area contributed by atoms with Crippen molar-refractivity contribution in [2.75, 3.05) is 13.2 Å². The zero-order valence-corrected chi connectivity index (χ0v) is 11.6. The number of ether oxygens (including phenoxy) is 1. The predicted molar refractivity (Wildman–Crippen MR) is 78.1 cm³/mol. The average Bonchev–Trinajstić information content (AvgIpc) is 2.91. The molecule has 2 atom stereocenters. The second kappa shape index (κ2) is 4.61. The van der Waals surface area contributed by atoms with Gasteiger partial charge in [-0.2, -0.15) is 0 Å². The second-order valence-electron chi connectivity index (χ2n) is 5.71. The van der Waals surface area contributed by atoms with Crippen LogP contribution < -0.4 is 16.8 Å². The van der Waals surface area contributed by atoms with Crippen LogP contribution in [0, 0.1) is 5.41 Å². The highest BCUT2D eigenvalue weighted by Gasteiger charge is 2.51. The van der Waals surface area contributed by atoms with Crippen molar-refractivity contribution in [1.29, 1.82) is 0 Å². The van der Waals surface area contributed by atoms with Gasteiger partial charge in [0, 0.05) is 23.9 Å². The van der Waals surface area contributed by atoms with Gasteiger partial charge in [0.2, 0.25) is 0 Å². The van der Waals surface area contributed by atoms with E-state index >= 15 is 0 Å². The Morgan fingerprint density at radius 1 is 1.35 bits per heavy atom. The lowest BCUT2D eigenvalue weighted by Crippen LogP contribution is -2.67. The maximum Gasteiger partial charge on any atom is 0.134 e. The average molecular weight is 272 g/mol. The third kappa shape index (κ3) is 1.90. The van der Waals surface area contributed by atoms with Crippen LogP contribution in [-0.2, 0) is 4.74 Å². The van der Waals surface area contributed by atoms with E-state index in [0.717, 1.165) is 17.8 Å². The minimum atomic E-state index is -0.814. The van der Waals surface area contributed by atoms with Gasteiger partial charge in [-0.3, -0.25) is 4.98 Å². The summed E-state index contributed by atoms with van der Waals surface area (Å²) >= 11 is 0. The molecule has 5 N–H and O–H groups in total.